The number of nitrogens with zero attached hydrogens (tertiary/aromatic N) is 1. The van der Waals surface area contributed by atoms with Gasteiger partial charge in [-0.15, -0.1) is 0 Å². The Labute approximate surface area is 95.3 Å². The SMILES string of the molecule is Cc1ccc(Nc2cncc(N)c2)cc1C. The van der Waals surface area contributed by atoms with Gasteiger partial charge < -0.3 is 11.1 Å². The molecular weight excluding hydrogens is 198 g/mol. The van der Waals surface area contributed by atoms with Gasteiger partial charge >= 0.3 is 0 Å². The zero-order valence-corrected chi connectivity index (χ0v) is 9.49. The minimum absolute atomic E-state index is 0.661. The van der Waals surface area contributed by atoms with E-state index in [2.05, 4.69) is 36.3 Å². The summed E-state index contributed by atoms with van der Waals surface area (Å²) in [5, 5.41) is 3.27. The lowest BCUT2D eigenvalue weighted by Gasteiger charge is -2.08. The maximum atomic E-state index is 5.66. The van der Waals surface area contributed by atoms with Crippen LogP contribution in [0.15, 0.2) is 36.7 Å². The van der Waals surface area contributed by atoms with Gasteiger partial charge in [0.25, 0.3) is 0 Å². The van der Waals surface area contributed by atoms with Gasteiger partial charge in [-0.1, -0.05) is 6.07 Å². The van der Waals surface area contributed by atoms with Gasteiger partial charge in [0.05, 0.1) is 17.6 Å². The van der Waals surface area contributed by atoms with Gasteiger partial charge in [0, 0.05) is 11.9 Å². The molecule has 82 valence electrons. The zero-order valence-electron chi connectivity index (χ0n) is 9.49. The number of aromatic nitrogens is 1. The summed E-state index contributed by atoms with van der Waals surface area (Å²) in [6.45, 7) is 4.19. The minimum Gasteiger partial charge on any atom is -0.397 e. The van der Waals surface area contributed by atoms with E-state index >= 15 is 0 Å². The molecule has 1 aromatic carbocycles. The van der Waals surface area contributed by atoms with Crippen LogP contribution in [0.1, 0.15) is 11.1 Å². The number of nitrogens with two attached hydrogens (primary N) is 1. The van der Waals surface area contributed by atoms with Crippen molar-refractivity contribution < 1.29 is 0 Å². The monoisotopic (exact) mass is 213 g/mol. The number of nitrogens with one attached hydrogen (secondary N) is 1. The van der Waals surface area contributed by atoms with Crippen LogP contribution in [0.3, 0.4) is 0 Å². The van der Waals surface area contributed by atoms with Crippen LogP contribution in [-0.2, 0) is 0 Å². The van der Waals surface area contributed by atoms with E-state index in [1.165, 1.54) is 11.1 Å². The molecule has 2 aromatic rings. The first-order valence-corrected chi connectivity index (χ1v) is 5.20. The number of benzene rings is 1. The Morgan fingerprint density at radius 3 is 2.50 bits per heavy atom. The van der Waals surface area contributed by atoms with Gasteiger partial charge in [0.1, 0.15) is 0 Å². The molecule has 0 saturated heterocycles. The predicted octanol–water partition coefficient (Wildman–Crippen LogP) is 3.02. The third kappa shape index (κ3) is 2.31. The predicted molar refractivity (Wildman–Crippen MR) is 67.8 cm³/mol. The molecule has 0 spiro atoms. The van der Waals surface area contributed by atoms with Crippen LogP contribution in [0.25, 0.3) is 0 Å². The largest absolute Gasteiger partial charge is 0.397 e. The summed E-state index contributed by atoms with van der Waals surface area (Å²) in [6.07, 6.45) is 3.39. The Bertz CT molecular complexity index is 506. The molecule has 0 aliphatic heterocycles. The van der Waals surface area contributed by atoms with E-state index in [0.717, 1.165) is 11.4 Å². The average molecular weight is 213 g/mol. The van der Waals surface area contributed by atoms with Gasteiger partial charge in [-0.25, -0.2) is 0 Å². The maximum Gasteiger partial charge on any atom is 0.0591 e. The molecule has 0 unspecified atom stereocenters. The maximum absolute atomic E-state index is 5.66. The van der Waals surface area contributed by atoms with Crippen LogP contribution < -0.4 is 11.1 Å². The highest BCUT2D eigenvalue weighted by molar-refractivity contribution is 5.63. The smallest absolute Gasteiger partial charge is 0.0591 e. The van der Waals surface area contributed by atoms with Gasteiger partial charge in [0.15, 0.2) is 0 Å². The molecule has 1 aromatic heterocycles. The summed E-state index contributed by atoms with van der Waals surface area (Å²) >= 11 is 0. The number of pyridine rings is 1. The van der Waals surface area contributed by atoms with Crippen LogP contribution >= 0.6 is 0 Å². The first-order valence-electron chi connectivity index (χ1n) is 5.20. The Morgan fingerprint density at radius 2 is 1.81 bits per heavy atom. The van der Waals surface area contributed by atoms with Crippen LogP contribution in [0, 0.1) is 13.8 Å². The van der Waals surface area contributed by atoms with Crippen LogP contribution in [0.2, 0.25) is 0 Å². The van der Waals surface area contributed by atoms with E-state index in [1.807, 2.05) is 12.1 Å². The number of nitrogen functional groups attached to an aromatic ring is 1. The number of aryl methyl sites for hydroxylation is 2. The quantitative estimate of drug-likeness (QED) is 0.806. The summed E-state index contributed by atoms with van der Waals surface area (Å²) in [7, 11) is 0. The molecule has 16 heavy (non-hydrogen) atoms. The molecule has 0 aliphatic carbocycles. The molecule has 0 radical (unpaired) electrons. The van der Waals surface area contributed by atoms with E-state index in [0.29, 0.717) is 5.69 Å². The molecule has 0 aliphatic rings. The van der Waals surface area contributed by atoms with Crippen molar-refractivity contribution in [2.24, 2.45) is 0 Å². The fourth-order valence-corrected chi connectivity index (χ4v) is 1.51. The highest BCUT2D eigenvalue weighted by Gasteiger charge is 1.98. The van der Waals surface area contributed by atoms with E-state index in [1.54, 1.807) is 12.4 Å². The lowest BCUT2D eigenvalue weighted by molar-refractivity contribution is 1.31. The molecule has 3 N–H and O–H groups in total. The number of anilines is 3. The van der Waals surface area contributed by atoms with E-state index in [9.17, 15) is 0 Å². The zero-order chi connectivity index (χ0) is 11.5. The summed E-state index contributed by atoms with van der Waals surface area (Å²) < 4.78 is 0. The standard InChI is InChI=1S/C13H15N3/c1-9-3-4-12(5-10(9)2)16-13-6-11(14)7-15-8-13/h3-8,16H,14H2,1-2H3. The van der Waals surface area contributed by atoms with Crippen molar-refractivity contribution in [3.05, 3.63) is 47.8 Å². The fraction of sp³-hybridized carbons (Fsp3) is 0.154. The van der Waals surface area contributed by atoms with Crippen molar-refractivity contribution >= 4 is 17.1 Å². The van der Waals surface area contributed by atoms with E-state index in [-0.39, 0.29) is 0 Å². The van der Waals surface area contributed by atoms with Crippen molar-refractivity contribution in [1.82, 2.24) is 4.98 Å². The molecule has 3 nitrogen and oxygen atoms in total. The Hall–Kier alpha value is -2.03. The summed E-state index contributed by atoms with van der Waals surface area (Å²) in [6, 6.07) is 8.11. The topological polar surface area (TPSA) is 50.9 Å². The molecule has 0 fully saturated rings. The molecule has 0 bridgehead atoms. The fourth-order valence-electron chi connectivity index (χ4n) is 1.51. The number of hydrogen-bond acceptors (Lipinski definition) is 3. The molecule has 1 heterocycles. The first-order chi connectivity index (χ1) is 7.65. The van der Waals surface area contributed by atoms with Crippen molar-refractivity contribution in [3.63, 3.8) is 0 Å². The number of hydrogen-bond donors (Lipinski definition) is 2. The normalized spacial score (nSPS) is 10.1. The van der Waals surface area contributed by atoms with Crippen molar-refractivity contribution in [1.29, 1.82) is 0 Å². The lowest BCUT2D eigenvalue weighted by Crippen LogP contribution is -1.94. The Morgan fingerprint density at radius 1 is 1.00 bits per heavy atom. The van der Waals surface area contributed by atoms with Crippen molar-refractivity contribution in [2.45, 2.75) is 13.8 Å². The van der Waals surface area contributed by atoms with Gasteiger partial charge in [-0.05, 0) is 43.2 Å². The third-order valence-corrected chi connectivity index (χ3v) is 2.55. The Balaban J connectivity index is 2.24. The highest BCUT2D eigenvalue weighted by atomic mass is 14.9. The summed E-state index contributed by atoms with van der Waals surface area (Å²) in [5.41, 5.74) is 10.8. The molecule has 3 heteroatoms. The molecular formula is C13H15N3. The Kier molecular flexibility index (Phi) is 2.77. The van der Waals surface area contributed by atoms with Crippen LogP contribution in [0.5, 0.6) is 0 Å². The van der Waals surface area contributed by atoms with Gasteiger partial charge in [-0.3, -0.25) is 4.98 Å². The first kappa shape index (κ1) is 10.5. The van der Waals surface area contributed by atoms with E-state index in [4.69, 9.17) is 5.73 Å². The van der Waals surface area contributed by atoms with Crippen molar-refractivity contribution in [3.8, 4) is 0 Å². The van der Waals surface area contributed by atoms with Gasteiger partial charge in [-0.2, -0.15) is 0 Å². The minimum atomic E-state index is 0.661. The summed E-state index contributed by atoms with van der Waals surface area (Å²) in [5.74, 6) is 0. The molecule has 0 amide bonds. The third-order valence-electron chi connectivity index (χ3n) is 2.55. The van der Waals surface area contributed by atoms with Crippen LogP contribution in [-0.4, -0.2) is 4.98 Å². The van der Waals surface area contributed by atoms with Crippen LogP contribution in [0.4, 0.5) is 17.1 Å². The highest BCUT2D eigenvalue weighted by Crippen LogP contribution is 2.19. The second-order valence-electron chi connectivity index (χ2n) is 3.93. The average Bonchev–Trinajstić information content (AvgIpc) is 2.24. The molecule has 2 rings (SSSR count). The number of rotatable bonds is 2. The van der Waals surface area contributed by atoms with Crippen molar-refractivity contribution in [2.75, 3.05) is 11.1 Å². The second kappa shape index (κ2) is 4.23. The van der Waals surface area contributed by atoms with E-state index < -0.39 is 0 Å². The molecule has 0 saturated carbocycles. The lowest BCUT2D eigenvalue weighted by atomic mass is 10.1. The molecule has 0 atom stereocenters. The van der Waals surface area contributed by atoms with Gasteiger partial charge in [0.2, 0.25) is 0 Å². The summed E-state index contributed by atoms with van der Waals surface area (Å²) in [4.78, 5) is 4.03. The second-order valence-corrected chi connectivity index (χ2v) is 3.93.